The number of sulfone groups is 1. The molecule has 18 heavy (non-hydrogen) atoms. The van der Waals surface area contributed by atoms with Crippen molar-refractivity contribution in [1.29, 1.82) is 0 Å². The molecule has 0 amide bonds. The molecule has 98 valence electrons. The van der Waals surface area contributed by atoms with Crippen LogP contribution in [-0.2, 0) is 16.4 Å². The van der Waals surface area contributed by atoms with Crippen molar-refractivity contribution in [2.75, 3.05) is 5.75 Å². The number of aromatic nitrogens is 2. The molecular weight excluding hydrogens is 363 g/mol. The number of benzene rings is 1. The van der Waals surface area contributed by atoms with E-state index < -0.39 is 9.84 Å². The van der Waals surface area contributed by atoms with Gasteiger partial charge in [-0.15, -0.1) is 0 Å². The lowest BCUT2D eigenvalue weighted by atomic mass is 10.3. The van der Waals surface area contributed by atoms with Crippen molar-refractivity contribution in [3.05, 3.63) is 28.0 Å². The number of fused-ring (bicyclic) bond motifs is 1. The van der Waals surface area contributed by atoms with Gasteiger partial charge in [0.2, 0.25) is 0 Å². The lowest BCUT2D eigenvalue weighted by Crippen LogP contribution is -2.21. The topological polar surface area (TPSA) is 52.0 Å². The van der Waals surface area contributed by atoms with E-state index in [-0.39, 0.29) is 11.0 Å². The van der Waals surface area contributed by atoms with E-state index in [2.05, 4.69) is 27.7 Å². The van der Waals surface area contributed by atoms with Crippen LogP contribution in [0.2, 0.25) is 0 Å². The third-order valence-corrected chi connectivity index (χ3v) is 5.77. The molecule has 0 atom stereocenters. The van der Waals surface area contributed by atoms with Crippen LogP contribution in [0.3, 0.4) is 0 Å². The van der Waals surface area contributed by atoms with Gasteiger partial charge in [0.05, 0.1) is 29.3 Å². The van der Waals surface area contributed by atoms with E-state index in [1.54, 1.807) is 24.7 Å². The Labute approximate surface area is 120 Å². The highest BCUT2D eigenvalue weighted by Gasteiger charge is 2.16. The van der Waals surface area contributed by atoms with Crippen molar-refractivity contribution in [3.63, 3.8) is 0 Å². The van der Waals surface area contributed by atoms with E-state index in [0.717, 1.165) is 14.5 Å². The summed E-state index contributed by atoms with van der Waals surface area (Å²) in [6.07, 6.45) is 1.77. The molecular formula is C12H15IN2O2S. The first-order valence-electron chi connectivity index (χ1n) is 5.73. The van der Waals surface area contributed by atoms with Gasteiger partial charge in [0, 0.05) is 8.96 Å². The van der Waals surface area contributed by atoms with Gasteiger partial charge in [-0.2, -0.15) is 5.10 Å². The second-order valence-electron chi connectivity index (χ2n) is 4.49. The maximum atomic E-state index is 11.8. The quantitative estimate of drug-likeness (QED) is 0.769. The minimum atomic E-state index is -3.02. The first kappa shape index (κ1) is 13.8. The number of nitrogens with zero attached hydrogens (tertiary/aromatic N) is 2. The van der Waals surface area contributed by atoms with E-state index in [4.69, 9.17) is 0 Å². The molecule has 0 N–H and O–H groups in total. The fraction of sp³-hybridized carbons (Fsp3) is 0.417. The molecule has 1 heterocycles. The molecule has 0 aliphatic heterocycles. The molecule has 4 nitrogen and oxygen atoms in total. The van der Waals surface area contributed by atoms with Crippen molar-refractivity contribution in [3.8, 4) is 0 Å². The highest BCUT2D eigenvalue weighted by molar-refractivity contribution is 14.1. The van der Waals surface area contributed by atoms with Crippen LogP contribution in [0.25, 0.3) is 10.9 Å². The largest absolute Gasteiger partial charge is 0.264 e. The Bertz CT molecular complexity index is 662. The van der Waals surface area contributed by atoms with Crippen LogP contribution < -0.4 is 0 Å². The van der Waals surface area contributed by atoms with Gasteiger partial charge in [0.15, 0.2) is 9.84 Å². The Morgan fingerprint density at radius 3 is 2.78 bits per heavy atom. The molecule has 1 aromatic heterocycles. The molecule has 2 rings (SSSR count). The van der Waals surface area contributed by atoms with Gasteiger partial charge in [0.25, 0.3) is 0 Å². The number of aryl methyl sites for hydroxylation is 1. The minimum Gasteiger partial charge on any atom is -0.264 e. The summed E-state index contributed by atoms with van der Waals surface area (Å²) in [6, 6.07) is 6.03. The molecule has 6 heteroatoms. The van der Waals surface area contributed by atoms with E-state index in [1.165, 1.54) is 0 Å². The van der Waals surface area contributed by atoms with E-state index in [9.17, 15) is 8.42 Å². The van der Waals surface area contributed by atoms with Gasteiger partial charge >= 0.3 is 0 Å². The fourth-order valence-electron chi connectivity index (χ4n) is 1.67. The fourth-order valence-corrected chi connectivity index (χ4v) is 3.04. The zero-order valence-corrected chi connectivity index (χ0v) is 13.3. The highest BCUT2D eigenvalue weighted by Crippen LogP contribution is 2.17. The maximum Gasteiger partial charge on any atom is 0.154 e. The molecule has 1 aromatic carbocycles. The second-order valence-corrected chi connectivity index (χ2v) is 8.41. The zero-order chi connectivity index (χ0) is 13.3. The number of rotatable bonds is 4. The first-order chi connectivity index (χ1) is 8.40. The molecule has 0 radical (unpaired) electrons. The van der Waals surface area contributed by atoms with Gasteiger partial charge in [-0.3, -0.25) is 4.68 Å². The smallest absolute Gasteiger partial charge is 0.154 e. The molecule has 0 fully saturated rings. The van der Waals surface area contributed by atoms with Crippen LogP contribution in [0.5, 0.6) is 0 Å². The molecule has 0 aliphatic rings. The number of hydrogen-bond acceptors (Lipinski definition) is 3. The Morgan fingerprint density at radius 1 is 1.39 bits per heavy atom. The average Bonchev–Trinajstić information content (AvgIpc) is 2.68. The van der Waals surface area contributed by atoms with Gasteiger partial charge < -0.3 is 0 Å². The van der Waals surface area contributed by atoms with Crippen molar-refractivity contribution < 1.29 is 8.42 Å². The lowest BCUT2D eigenvalue weighted by molar-refractivity contribution is 0.575. The standard InChI is InChI=1S/C12H15IN2O2S/c1-9(2)18(16,17)6-5-15-12-7-11(13)4-3-10(12)8-14-15/h3-4,7-9H,5-6H2,1-2H3. The highest BCUT2D eigenvalue weighted by atomic mass is 127. The maximum absolute atomic E-state index is 11.8. The van der Waals surface area contributed by atoms with Crippen LogP contribution in [0.1, 0.15) is 13.8 Å². The lowest BCUT2D eigenvalue weighted by Gasteiger charge is -2.08. The average molecular weight is 378 g/mol. The summed E-state index contributed by atoms with van der Waals surface area (Å²) in [5.41, 5.74) is 0.987. The van der Waals surface area contributed by atoms with Crippen molar-refractivity contribution in [2.24, 2.45) is 0 Å². The summed E-state index contributed by atoms with van der Waals surface area (Å²) in [4.78, 5) is 0. The molecule has 0 saturated heterocycles. The normalized spacial score (nSPS) is 12.4. The van der Waals surface area contributed by atoms with E-state index in [1.807, 2.05) is 18.2 Å². The molecule has 0 bridgehead atoms. The summed E-state index contributed by atoms with van der Waals surface area (Å²) in [6.45, 7) is 3.82. The Hall–Kier alpha value is -0.630. The van der Waals surface area contributed by atoms with Crippen LogP contribution in [0, 0.1) is 3.57 Å². The molecule has 0 unspecified atom stereocenters. The van der Waals surface area contributed by atoms with Crippen LogP contribution in [-0.4, -0.2) is 29.2 Å². The van der Waals surface area contributed by atoms with E-state index >= 15 is 0 Å². The summed E-state index contributed by atoms with van der Waals surface area (Å²) in [5.74, 6) is 0.132. The van der Waals surface area contributed by atoms with E-state index in [0.29, 0.717) is 6.54 Å². The number of halogens is 1. The second kappa shape index (κ2) is 5.16. The van der Waals surface area contributed by atoms with Gasteiger partial charge in [-0.05, 0) is 48.6 Å². The van der Waals surface area contributed by atoms with Crippen LogP contribution >= 0.6 is 22.6 Å². The first-order valence-corrected chi connectivity index (χ1v) is 8.52. The summed E-state index contributed by atoms with van der Waals surface area (Å²) < 4.78 is 26.5. The van der Waals surface area contributed by atoms with Crippen LogP contribution in [0.15, 0.2) is 24.4 Å². The van der Waals surface area contributed by atoms with Crippen molar-refractivity contribution in [1.82, 2.24) is 9.78 Å². The monoisotopic (exact) mass is 378 g/mol. The summed E-state index contributed by atoms with van der Waals surface area (Å²) in [5, 5.41) is 4.95. The minimum absolute atomic E-state index is 0.132. The Balaban J connectivity index is 2.25. The van der Waals surface area contributed by atoms with Crippen molar-refractivity contribution >= 4 is 43.3 Å². The van der Waals surface area contributed by atoms with Crippen molar-refractivity contribution in [2.45, 2.75) is 25.6 Å². The molecule has 0 spiro atoms. The van der Waals surface area contributed by atoms with Crippen LogP contribution in [0.4, 0.5) is 0 Å². The van der Waals surface area contributed by atoms with Gasteiger partial charge in [-0.25, -0.2) is 8.42 Å². The summed E-state index contributed by atoms with van der Waals surface area (Å²) >= 11 is 2.24. The predicted octanol–water partition coefficient (Wildman–Crippen LogP) is 2.46. The molecule has 2 aromatic rings. The molecule has 0 saturated carbocycles. The van der Waals surface area contributed by atoms with Gasteiger partial charge in [-0.1, -0.05) is 6.07 Å². The molecule has 0 aliphatic carbocycles. The summed E-state index contributed by atoms with van der Waals surface area (Å²) in [7, 11) is -3.02. The third kappa shape index (κ3) is 2.85. The number of hydrogen-bond donors (Lipinski definition) is 0. The van der Waals surface area contributed by atoms with Gasteiger partial charge in [0.1, 0.15) is 0 Å². The predicted molar refractivity (Wildman–Crippen MR) is 81.4 cm³/mol. The third-order valence-electron chi connectivity index (χ3n) is 2.91. The zero-order valence-electron chi connectivity index (χ0n) is 10.3. The Kier molecular flexibility index (Phi) is 3.96. The SMILES string of the molecule is CC(C)S(=O)(=O)CCn1ncc2ccc(I)cc21. The Morgan fingerprint density at radius 2 is 2.11 bits per heavy atom.